The summed E-state index contributed by atoms with van der Waals surface area (Å²) in [5, 5.41) is 12.1. The molecule has 2 aromatic rings. The lowest BCUT2D eigenvalue weighted by molar-refractivity contribution is -0.117. The second-order valence-electron chi connectivity index (χ2n) is 5.45. The van der Waals surface area contributed by atoms with E-state index in [4.69, 9.17) is 9.84 Å². The minimum Gasteiger partial charge on any atom is -0.395 e. The summed E-state index contributed by atoms with van der Waals surface area (Å²) in [6.07, 6.45) is 0. The Morgan fingerprint density at radius 2 is 1.79 bits per heavy atom. The van der Waals surface area contributed by atoms with Crippen LogP contribution in [0.4, 0.5) is 5.69 Å². The normalized spacial score (nSPS) is 10.8. The Balaban J connectivity index is 2.06. The molecule has 0 bridgehead atoms. The van der Waals surface area contributed by atoms with Crippen LogP contribution in [0.5, 0.6) is 0 Å². The molecule has 5 heteroatoms. The van der Waals surface area contributed by atoms with E-state index >= 15 is 0 Å². The van der Waals surface area contributed by atoms with Gasteiger partial charge in [-0.05, 0) is 11.6 Å². The maximum absolute atomic E-state index is 12.4. The van der Waals surface area contributed by atoms with Gasteiger partial charge in [0.25, 0.3) is 0 Å². The van der Waals surface area contributed by atoms with E-state index < -0.39 is 0 Å². The second kappa shape index (κ2) is 9.82. The van der Waals surface area contributed by atoms with Gasteiger partial charge in [0.2, 0.25) is 5.91 Å². The quantitative estimate of drug-likeness (QED) is 0.741. The van der Waals surface area contributed by atoms with Gasteiger partial charge in [0.15, 0.2) is 0 Å². The summed E-state index contributed by atoms with van der Waals surface area (Å²) in [6, 6.07) is 17.7. The molecule has 0 unspecified atom stereocenters. The van der Waals surface area contributed by atoms with E-state index in [1.807, 2.05) is 59.5 Å². The fourth-order valence-corrected chi connectivity index (χ4v) is 2.49. The summed E-state index contributed by atoms with van der Waals surface area (Å²) in [4.78, 5) is 14.2. The number of anilines is 1. The molecule has 0 spiro atoms. The Labute approximate surface area is 142 Å². The van der Waals surface area contributed by atoms with Gasteiger partial charge in [0.1, 0.15) is 0 Å². The number of nitrogens with one attached hydrogen (secondary N) is 1. The van der Waals surface area contributed by atoms with Crippen LogP contribution in [-0.4, -0.2) is 55.9 Å². The molecule has 24 heavy (non-hydrogen) atoms. The van der Waals surface area contributed by atoms with Crippen molar-refractivity contribution < 1.29 is 14.6 Å². The molecule has 128 valence electrons. The van der Waals surface area contributed by atoms with Crippen molar-refractivity contribution in [3.05, 3.63) is 54.6 Å². The third kappa shape index (κ3) is 5.45. The Bertz CT molecular complexity index is 632. The number of ether oxygens (including phenoxy) is 1. The van der Waals surface area contributed by atoms with Crippen LogP contribution in [0.1, 0.15) is 0 Å². The molecule has 0 aliphatic heterocycles. The molecular formula is C19H24N2O3. The van der Waals surface area contributed by atoms with E-state index in [2.05, 4.69) is 5.32 Å². The van der Waals surface area contributed by atoms with E-state index in [-0.39, 0.29) is 19.1 Å². The van der Waals surface area contributed by atoms with Crippen molar-refractivity contribution in [3.63, 3.8) is 0 Å². The highest BCUT2D eigenvalue weighted by Crippen LogP contribution is 2.27. The largest absolute Gasteiger partial charge is 0.395 e. The van der Waals surface area contributed by atoms with E-state index in [9.17, 15) is 4.79 Å². The van der Waals surface area contributed by atoms with Gasteiger partial charge < -0.3 is 15.2 Å². The maximum atomic E-state index is 12.4. The zero-order valence-corrected chi connectivity index (χ0v) is 13.9. The number of para-hydroxylation sites is 1. The number of aliphatic hydroxyl groups is 1. The number of carbonyl (C=O) groups is 1. The van der Waals surface area contributed by atoms with Crippen LogP contribution in [0.15, 0.2) is 54.6 Å². The highest BCUT2D eigenvalue weighted by molar-refractivity contribution is 5.96. The summed E-state index contributed by atoms with van der Waals surface area (Å²) in [5.74, 6) is -0.108. The first-order valence-electron chi connectivity index (χ1n) is 8.01. The Kier molecular flexibility index (Phi) is 7.42. The van der Waals surface area contributed by atoms with Crippen LogP contribution < -0.4 is 5.32 Å². The summed E-state index contributed by atoms with van der Waals surface area (Å²) in [5.41, 5.74) is 2.82. The number of amides is 1. The number of hydrogen-bond acceptors (Lipinski definition) is 4. The van der Waals surface area contributed by atoms with Gasteiger partial charge in [0, 0.05) is 31.5 Å². The van der Waals surface area contributed by atoms with E-state index in [1.165, 1.54) is 0 Å². The van der Waals surface area contributed by atoms with Gasteiger partial charge in [-0.25, -0.2) is 0 Å². The third-order valence-corrected chi connectivity index (χ3v) is 3.68. The SMILES string of the molecule is COCCN(CCO)CC(=O)Nc1ccccc1-c1ccccc1. The number of rotatable bonds is 9. The van der Waals surface area contributed by atoms with Crippen LogP contribution in [-0.2, 0) is 9.53 Å². The van der Waals surface area contributed by atoms with Crippen LogP contribution in [0.3, 0.4) is 0 Å². The van der Waals surface area contributed by atoms with Crippen LogP contribution in [0.25, 0.3) is 11.1 Å². The predicted octanol–water partition coefficient (Wildman–Crippen LogP) is 2.23. The molecule has 2 rings (SSSR count). The molecule has 0 aromatic heterocycles. The lowest BCUT2D eigenvalue weighted by Gasteiger charge is -2.20. The van der Waals surface area contributed by atoms with E-state index in [1.54, 1.807) is 7.11 Å². The Morgan fingerprint density at radius 1 is 1.08 bits per heavy atom. The van der Waals surface area contributed by atoms with Crippen LogP contribution in [0, 0.1) is 0 Å². The Morgan fingerprint density at radius 3 is 2.50 bits per heavy atom. The van der Waals surface area contributed by atoms with Gasteiger partial charge in [0.05, 0.1) is 19.8 Å². The van der Waals surface area contributed by atoms with Gasteiger partial charge in [-0.2, -0.15) is 0 Å². The van der Waals surface area contributed by atoms with Crippen LogP contribution >= 0.6 is 0 Å². The fraction of sp³-hybridized carbons (Fsp3) is 0.316. The van der Waals surface area contributed by atoms with Crippen molar-refractivity contribution in [3.8, 4) is 11.1 Å². The first-order chi connectivity index (χ1) is 11.7. The van der Waals surface area contributed by atoms with Gasteiger partial charge in [-0.3, -0.25) is 9.69 Å². The molecule has 0 radical (unpaired) electrons. The van der Waals surface area contributed by atoms with Gasteiger partial charge in [-0.1, -0.05) is 48.5 Å². The highest BCUT2D eigenvalue weighted by Gasteiger charge is 2.12. The highest BCUT2D eigenvalue weighted by atomic mass is 16.5. The summed E-state index contributed by atoms with van der Waals surface area (Å²) in [7, 11) is 1.62. The summed E-state index contributed by atoms with van der Waals surface area (Å²) < 4.78 is 5.04. The average molecular weight is 328 g/mol. The number of methoxy groups -OCH3 is 1. The molecule has 0 fully saturated rings. The van der Waals surface area contributed by atoms with Crippen molar-refractivity contribution in [2.75, 3.05) is 45.3 Å². The smallest absolute Gasteiger partial charge is 0.238 e. The minimum atomic E-state index is -0.108. The molecule has 1 amide bonds. The van der Waals surface area contributed by atoms with Crippen LogP contribution in [0.2, 0.25) is 0 Å². The van der Waals surface area contributed by atoms with Crippen molar-refractivity contribution in [1.29, 1.82) is 0 Å². The lowest BCUT2D eigenvalue weighted by atomic mass is 10.0. The first-order valence-corrected chi connectivity index (χ1v) is 8.01. The van der Waals surface area contributed by atoms with E-state index in [0.29, 0.717) is 19.7 Å². The van der Waals surface area contributed by atoms with Gasteiger partial charge in [-0.15, -0.1) is 0 Å². The molecule has 0 saturated carbocycles. The van der Waals surface area contributed by atoms with E-state index in [0.717, 1.165) is 16.8 Å². The summed E-state index contributed by atoms with van der Waals surface area (Å²) in [6.45, 7) is 1.79. The lowest BCUT2D eigenvalue weighted by Crippen LogP contribution is -2.37. The zero-order valence-electron chi connectivity index (χ0n) is 13.9. The topological polar surface area (TPSA) is 61.8 Å². The molecule has 0 aliphatic carbocycles. The van der Waals surface area contributed by atoms with Crippen molar-refractivity contribution in [1.82, 2.24) is 4.90 Å². The van der Waals surface area contributed by atoms with Gasteiger partial charge >= 0.3 is 0 Å². The standard InChI is InChI=1S/C19H24N2O3/c1-24-14-12-21(11-13-22)15-19(23)20-18-10-6-5-9-17(18)16-7-3-2-4-8-16/h2-10,22H,11-15H2,1H3,(H,20,23). The molecule has 2 aromatic carbocycles. The van der Waals surface area contributed by atoms with Crippen molar-refractivity contribution >= 4 is 11.6 Å². The third-order valence-electron chi connectivity index (χ3n) is 3.68. The number of hydrogen-bond donors (Lipinski definition) is 2. The minimum absolute atomic E-state index is 0.0115. The monoisotopic (exact) mass is 328 g/mol. The molecular weight excluding hydrogens is 304 g/mol. The molecule has 0 saturated heterocycles. The Hall–Kier alpha value is -2.21. The molecule has 5 nitrogen and oxygen atoms in total. The first kappa shape index (κ1) is 18.1. The number of aliphatic hydroxyl groups excluding tert-OH is 1. The predicted molar refractivity (Wildman–Crippen MR) is 95.9 cm³/mol. The average Bonchev–Trinajstić information content (AvgIpc) is 2.61. The maximum Gasteiger partial charge on any atom is 0.238 e. The van der Waals surface area contributed by atoms with Crippen molar-refractivity contribution in [2.24, 2.45) is 0 Å². The molecule has 0 heterocycles. The number of nitrogens with zero attached hydrogens (tertiary/aromatic N) is 1. The molecule has 2 N–H and O–H groups in total. The zero-order chi connectivity index (χ0) is 17.2. The van der Waals surface area contributed by atoms with Crippen molar-refractivity contribution in [2.45, 2.75) is 0 Å². The second-order valence-corrected chi connectivity index (χ2v) is 5.45. The number of benzene rings is 2. The molecule has 0 atom stereocenters. The number of carbonyl (C=O) groups excluding carboxylic acids is 1. The fourth-order valence-electron chi connectivity index (χ4n) is 2.49. The summed E-state index contributed by atoms with van der Waals surface area (Å²) >= 11 is 0. The molecule has 0 aliphatic rings.